The van der Waals surface area contributed by atoms with Gasteiger partial charge in [0.2, 0.25) is 0 Å². The van der Waals surface area contributed by atoms with Crippen molar-refractivity contribution in [3.63, 3.8) is 0 Å². The Kier molecular flexibility index (Phi) is 30.2. The number of halogens is 1. The summed E-state index contributed by atoms with van der Waals surface area (Å²) >= 11 is 0. The zero-order valence-electron chi connectivity index (χ0n) is 19.1. The summed E-state index contributed by atoms with van der Waals surface area (Å²) in [6.07, 6.45) is 13.4. The van der Waals surface area contributed by atoms with E-state index in [0.717, 1.165) is 13.0 Å². The summed E-state index contributed by atoms with van der Waals surface area (Å²) in [5, 5.41) is 0. The van der Waals surface area contributed by atoms with Crippen LogP contribution in [0, 0.1) is 0 Å². The lowest BCUT2D eigenvalue weighted by molar-refractivity contribution is -0.143. The van der Waals surface area contributed by atoms with Crippen LogP contribution in [0.4, 0.5) is 0 Å². The molecule has 30 heavy (non-hydrogen) atoms. The highest BCUT2D eigenvalue weighted by Gasteiger charge is 1.98. The van der Waals surface area contributed by atoms with Crippen LogP contribution in [0.15, 0.2) is 0 Å². The Morgan fingerprint density at radius 3 is 1.37 bits per heavy atom. The molecular formula is C22H46ClNO6. The van der Waals surface area contributed by atoms with Gasteiger partial charge >= 0.3 is 5.97 Å². The molecule has 2 N–H and O–H groups in total. The highest BCUT2D eigenvalue weighted by molar-refractivity contribution is 5.85. The van der Waals surface area contributed by atoms with Gasteiger partial charge < -0.3 is 29.4 Å². The predicted molar refractivity (Wildman–Crippen MR) is 122 cm³/mol. The molecule has 0 aromatic carbocycles. The third-order valence-corrected chi connectivity index (χ3v) is 4.42. The van der Waals surface area contributed by atoms with Crippen LogP contribution in [0.3, 0.4) is 0 Å². The molecule has 0 aliphatic carbocycles. The van der Waals surface area contributed by atoms with Gasteiger partial charge in [0.25, 0.3) is 0 Å². The zero-order chi connectivity index (χ0) is 21.3. The van der Waals surface area contributed by atoms with E-state index in [1.54, 1.807) is 0 Å². The molecule has 0 aliphatic rings. The highest BCUT2D eigenvalue weighted by atomic mass is 35.5. The molecule has 0 atom stereocenters. The van der Waals surface area contributed by atoms with E-state index in [1.807, 2.05) is 0 Å². The van der Waals surface area contributed by atoms with E-state index in [-0.39, 0.29) is 25.6 Å². The van der Waals surface area contributed by atoms with Gasteiger partial charge in [-0.3, -0.25) is 4.79 Å². The van der Waals surface area contributed by atoms with Gasteiger partial charge in [0, 0.05) is 6.61 Å². The maximum atomic E-state index is 10.8. The Balaban J connectivity index is 0. The molecule has 0 fully saturated rings. The van der Waals surface area contributed by atoms with Gasteiger partial charge in [-0.2, -0.15) is 0 Å². The second-order valence-corrected chi connectivity index (χ2v) is 7.06. The van der Waals surface area contributed by atoms with Crippen molar-refractivity contribution in [3.8, 4) is 0 Å². The Morgan fingerprint density at radius 2 is 0.933 bits per heavy atom. The van der Waals surface area contributed by atoms with Crippen molar-refractivity contribution >= 4 is 18.4 Å². The van der Waals surface area contributed by atoms with E-state index in [4.69, 9.17) is 29.4 Å². The van der Waals surface area contributed by atoms with Crippen LogP contribution in [0.25, 0.3) is 0 Å². The van der Waals surface area contributed by atoms with Crippen LogP contribution in [-0.2, 0) is 28.5 Å². The second-order valence-electron chi connectivity index (χ2n) is 7.06. The fraction of sp³-hybridized carbons (Fsp3) is 0.955. The lowest BCUT2D eigenvalue weighted by Gasteiger charge is -2.08. The predicted octanol–water partition coefficient (Wildman–Crippen LogP) is 3.90. The number of rotatable bonds is 24. The zero-order valence-corrected chi connectivity index (χ0v) is 19.9. The van der Waals surface area contributed by atoms with E-state index >= 15 is 0 Å². The average Bonchev–Trinajstić information content (AvgIpc) is 2.74. The monoisotopic (exact) mass is 455 g/mol. The smallest absolute Gasteiger partial charge is 0.319 e. The van der Waals surface area contributed by atoms with Crippen molar-refractivity contribution in [2.24, 2.45) is 5.73 Å². The van der Waals surface area contributed by atoms with E-state index in [9.17, 15) is 4.79 Å². The minimum absolute atomic E-state index is 0. The number of unbranched alkanes of at least 4 members (excludes halogenated alkanes) is 9. The van der Waals surface area contributed by atoms with Gasteiger partial charge in [0.15, 0.2) is 0 Å². The quantitative estimate of drug-likeness (QED) is 0.174. The average molecular weight is 456 g/mol. The SMILES string of the molecule is CCCCCCCCCCCCOCCOCCOCCOCCOC(=O)CN.Cl. The molecule has 0 aromatic heterocycles. The third-order valence-electron chi connectivity index (χ3n) is 4.42. The van der Waals surface area contributed by atoms with Crippen LogP contribution >= 0.6 is 12.4 Å². The molecule has 0 heterocycles. The first kappa shape index (κ1) is 31.7. The number of carbonyl (C=O) groups is 1. The maximum Gasteiger partial charge on any atom is 0.319 e. The van der Waals surface area contributed by atoms with Crippen molar-refractivity contribution in [1.29, 1.82) is 0 Å². The van der Waals surface area contributed by atoms with Gasteiger partial charge in [-0.25, -0.2) is 0 Å². The largest absolute Gasteiger partial charge is 0.462 e. The number of hydrogen-bond donors (Lipinski definition) is 1. The van der Waals surface area contributed by atoms with Crippen molar-refractivity contribution < 1.29 is 28.5 Å². The molecule has 0 aromatic rings. The standard InChI is InChI=1S/C22H45NO6.ClH/c1-2-3-4-5-6-7-8-9-10-11-12-25-13-14-26-15-16-27-17-18-28-19-20-29-22(24)21-23;/h2-21,23H2,1H3;1H. The minimum atomic E-state index is -0.422. The fourth-order valence-electron chi connectivity index (χ4n) is 2.73. The normalized spacial score (nSPS) is 10.7. The molecule has 0 unspecified atom stereocenters. The molecular weight excluding hydrogens is 410 g/mol. The first-order chi connectivity index (χ1) is 14.3. The van der Waals surface area contributed by atoms with E-state index < -0.39 is 5.97 Å². The van der Waals surface area contributed by atoms with Crippen LogP contribution in [0.2, 0.25) is 0 Å². The lowest BCUT2D eigenvalue weighted by Crippen LogP contribution is -2.19. The van der Waals surface area contributed by atoms with Crippen molar-refractivity contribution in [2.45, 2.75) is 71.1 Å². The second kappa shape index (κ2) is 28.6. The molecule has 8 heteroatoms. The highest BCUT2D eigenvalue weighted by Crippen LogP contribution is 2.10. The van der Waals surface area contributed by atoms with E-state index in [1.165, 1.54) is 57.8 Å². The van der Waals surface area contributed by atoms with Crippen LogP contribution in [-0.4, -0.2) is 72.0 Å². The number of ether oxygens (including phenoxy) is 5. The fourth-order valence-corrected chi connectivity index (χ4v) is 2.73. The van der Waals surface area contributed by atoms with Crippen molar-refractivity contribution in [3.05, 3.63) is 0 Å². The summed E-state index contributed by atoms with van der Waals surface area (Å²) in [5.74, 6) is -0.422. The van der Waals surface area contributed by atoms with Gasteiger partial charge in [-0.15, -0.1) is 12.4 Å². The summed E-state index contributed by atoms with van der Waals surface area (Å²) in [6.45, 7) is 6.83. The number of nitrogens with two attached hydrogens (primary N) is 1. The van der Waals surface area contributed by atoms with Gasteiger partial charge in [-0.1, -0.05) is 64.7 Å². The molecule has 0 spiro atoms. The Hall–Kier alpha value is -0.440. The summed E-state index contributed by atoms with van der Waals surface area (Å²) in [5.41, 5.74) is 5.11. The summed E-state index contributed by atoms with van der Waals surface area (Å²) in [7, 11) is 0. The molecule has 0 saturated heterocycles. The Labute approximate surface area is 190 Å². The Bertz CT molecular complexity index is 337. The van der Waals surface area contributed by atoms with E-state index in [2.05, 4.69) is 6.92 Å². The van der Waals surface area contributed by atoms with Crippen molar-refractivity contribution in [1.82, 2.24) is 0 Å². The molecule has 0 amide bonds. The number of carbonyl (C=O) groups excluding carboxylic acids is 1. The molecule has 0 rings (SSSR count). The summed E-state index contributed by atoms with van der Waals surface area (Å²) < 4.78 is 26.5. The summed E-state index contributed by atoms with van der Waals surface area (Å²) in [6, 6.07) is 0. The van der Waals surface area contributed by atoms with E-state index in [0.29, 0.717) is 46.2 Å². The minimum Gasteiger partial charge on any atom is -0.462 e. The first-order valence-corrected chi connectivity index (χ1v) is 11.5. The van der Waals surface area contributed by atoms with Crippen molar-refractivity contribution in [2.75, 3.05) is 66.0 Å². The molecule has 0 aliphatic heterocycles. The molecule has 7 nitrogen and oxygen atoms in total. The maximum absolute atomic E-state index is 10.8. The van der Waals surface area contributed by atoms with Crippen LogP contribution < -0.4 is 5.73 Å². The molecule has 0 bridgehead atoms. The Morgan fingerprint density at radius 1 is 0.567 bits per heavy atom. The van der Waals surface area contributed by atoms with Crippen LogP contribution in [0.5, 0.6) is 0 Å². The molecule has 0 saturated carbocycles. The van der Waals surface area contributed by atoms with Gasteiger partial charge in [0.1, 0.15) is 6.61 Å². The van der Waals surface area contributed by atoms with Gasteiger partial charge in [-0.05, 0) is 6.42 Å². The lowest BCUT2D eigenvalue weighted by atomic mass is 10.1. The van der Waals surface area contributed by atoms with Crippen LogP contribution in [0.1, 0.15) is 71.1 Å². The van der Waals surface area contributed by atoms with Gasteiger partial charge in [0.05, 0.1) is 52.8 Å². The third kappa shape index (κ3) is 27.6. The molecule has 182 valence electrons. The topological polar surface area (TPSA) is 89.2 Å². The summed E-state index contributed by atoms with van der Waals surface area (Å²) in [4.78, 5) is 10.8. The first-order valence-electron chi connectivity index (χ1n) is 11.5. The number of hydrogen-bond acceptors (Lipinski definition) is 7. The molecule has 0 radical (unpaired) electrons. The number of esters is 1.